The van der Waals surface area contributed by atoms with Gasteiger partial charge in [-0.1, -0.05) is 24.6 Å². The van der Waals surface area contributed by atoms with E-state index >= 15 is 0 Å². The van der Waals surface area contributed by atoms with E-state index in [2.05, 4.69) is 10.00 Å². The SMILES string of the molecule is CC(Oc1nn(-c2cccc(C(F)(F)F)c2)c2ccccc12)N1CCCCC1. The lowest BCUT2D eigenvalue weighted by Gasteiger charge is -2.31. The van der Waals surface area contributed by atoms with Crippen LogP contribution >= 0.6 is 0 Å². The molecule has 0 N–H and O–H groups in total. The van der Waals surface area contributed by atoms with Gasteiger partial charge in [0.2, 0.25) is 5.88 Å². The van der Waals surface area contributed by atoms with Gasteiger partial charge in [0.1, 0.15) is 0 Å². The third-order valence-corrected chi connectivity index (χ3v) is 5.16. The predicted molar refractivity (Wildman–Crippen MR) is 102 cm³/mol. The smallest absolute Gasteiger partial charge is 0.416 e. The fraction of sp³-hybridized carbons (Fsp3) is 0.381. The number of halogens is 3. The average molecular weight is 389 g/mol. The second-order valence-corrected chi connectivity index (χ2v) is 7.10. The average Bonchev–Trinajstić information content (AvgIpc) is 3.07. The molecule has 1 atom stereocenters. The minimum atomic E-state index is -4.40. The largest absolute Gasteiger partial charge is 0.457 e. The molecule has 0 bridgehead atoms. The van der Waals surface area contributed by atoms with E-state index in [0.29, 0.717) is 17.1 Å². The Morgan fingerprint density at radius 3 is 2.50 bits per heavy atom. The number of nitrogens with zero attached hydrogens (tertiary/aromatic N) is 3. The zero-order chi connectivity index (χ0) is 19.7. The molecule has 0 radical (unpaired) electrons. The number of fused-ring (bicyclic) bond motifs is 1. The van der Waals surface area contributed by atoms with Crippen molar-refractivity contribution in [2.45, 2.75) is 38.6 Å². The number of hydrogen-bond acceptors (Lipinski definition) is 3. The van der Waals surface area contributed by atoms with Gasteiger partial charge in [-0.2, -0.15) is 13.2 Å². The highest BCUT2D eigenvalue weighted by Gasteiger charge is 2.31. The molecule has 1 aromatic heterocycles. The van der Waals surface area contributed by atoms with Crippen LogP contribution in [-0.2, 0) is 6.18 Å². The molecule has 1 saturated heterocycles. The topological polar surface area (TPSA) is 30.3 Å². The third kappa shape index (κ3) is 3.71. The maximum absolute atomic E-state index is 13.1. The highest BCUT2D eigenvalue weighted by molar-refractivity contribution is 5.86. The molecule has 2 heterocycles. The molecule has 1 unspecified atom stereocenters. The van der Waals surface area contributed by atoms with Crippen molar-refractivity contribution in [2.75, 3.05) is 13.1 Å². The molecule has 0 aliphatic carbocycles. The number of benzene rings is 2. The van der Waals surface area contributed by atoms with E-state index in [9.17, 15) is 13.2 Å². The Balaban J connectivity index is 1.71. The van der Waals surface area contributed by atoms with Crippen LogP contribution in [0.25, 0.3) is 16.6 Å². The first-order valence-electron chi connectivity index (χ1n) is 9.49. The zero-order valence-corrected chi connectivity index (χ0v) is 15.6. The second-order valence-electron chi connectivity index (χ2n) is 7.10. The van der Waals surface area contributed by atoms with Crippen molar-refractivity contribution in [3.8, 4) is 11.6 Å². The van der Waals surface area contributed by atoms with Crippen molar-refractivity contribution < 1.29 is 17.9 Å². The highest BCUT2D eigenvalue weighted by atomic mass is 19.4. The van der Waals surface area contributed by atoms with Gasteiger partial charge in [-0.25, -0.2) is 4.68 Å². The van der Waals surface area contributed by atoms with E-state index in [1.165, 1.54) is 17.2 Å². The molecule has 7 heteroatoms. The quantitative estimate of drug-likeness (QED) is 0.610. The van der Waals surface area contributed by atoms with Crippen LogP contribution in [0.3, 0.4) is 0 Å². The molecule has 0 spiro atoms. The summed E-state index contributed by atoms with van der Waals surface area (Å²) in [7, 11) is 0. The van der Waals surface area contributed by atoms with Gasteiger partial charge in [-0.3, -0.25) is 4.90 Å². The zero-order valence-electron chi connectivity index (χ0n) is 15.6. The van der Waals surface area contributed by atoms with Crippen molar-refractivity contribution in [1.29, 1.82) is 0 Å². The Morgan fingerprint density at radius 2 is 1.75 bits per heavy atom. The summed E-state index contributed by atoms with van der Waals surface area (Å²) in [6.07, 6.45) is -1.02. The van der Waals surface area contributed by atoms with Gasteiger partial charge >= 0.3 is 6.18 Å². The molecule has 3 aromatic rings. The van der Waals surface area contributed by atoms with Crippen LogP contribution in [0.15, 0.2) is 48.5 Å². The van der Waals surface area contributed by atoms with Gasteiger partial charge in [0.05, 0.1) is 22.2 Å². The van der Waals surface area contributed by atoms with Crippen molar-refractivity contribution >= 4 is 10.9 Å². The first kappa shape index (κ1) is 18.8. The van der Waals surface area contributed by atoms with E-state index in [1.807, 2.05) is 31.2 Å². The molecular weight excluding hydrogens is 367 g/mol. The van der Waals surface area contributed by atoms with Gasteiger partial charge in [0, 0.05) is 13.1 Å². The Kier molecular flexibility index (Phi) is 5.02. The number of likely N-dealkylation sites (tertiary alicyclic amines) is 1. The summed E-state index contributed by atoms with van der Waals surface area (Å²) in [6.45, 7) is 3.95. The second kappa shape index (κ2) is 7.47. The van der Waals surface area contributed by atoms with Crippen LogP contribution in [0.4, 0.5) is 13.2 Å². The standard InChI is InChI=1S/C21H22F3N3O/c1-15(26-12-5-2-6-13-26)28-20-18-10-3-4-11-19(18)27(25-20)17-9-7-8-16(14-17)21(22,23)24/h3-4,7-11,14-15H,2,5-6,12-13H2,1H3. The van der Waals surface area contributed by atoms with E-state index in [1.54, 1.807) is 6.07 Å². The van der Waals surface area contributed by atoms with Crippen LogP contribution < -0.4 is 4.74 Å². The van der Waals surface area contributed by atoms with E-state index in [0.717, 1.165) is 43.5 Å². The van der Waals surface area contributed by atoms with Gasteiger partial charge in [0.15, 0.2) is 6.23 Å². The molecule has 4 nitrogen and oxygen atoms in total. The lowest BCUT2D eigenvalue weighted by molar-refractivity contribution is -0.137. The maximum atomic E-state index is 13.1. The van der Waals surface area contributed by atoms with Crippen molar-refractivity contribution in [1.82, 2.24) is 14.7 Å². The number of rotatable bonds is 4. The van der Waals surface area contributed by atoms with Crippen molar-refractivity contribution in [2.24, 2.45) is 0 Å². The minimum Gasteiger partial charge on any atom is -0.457 e. The maximum Gasteiger partial charge on any atom is 0.416 e. The van der Waals surface area contributed by atoms with E-state index < -0.39 is 11.7 Å². The molecule has 148 valence electrons. The van der Waals surface area contributed by atoms with Crippen molar-refractivity contribution in [3.05, 3.63) is 54.1 Å². The first-order valence-corrected chi connectivity index (χ1v) is 9.49. The molecule has 1 fully saturated rings. The number of aromatic nitrogens is 2. The monoisotopic (exact) mass is 389 g/mol. The molecule has 1 aliphatic rings. The summed E-state index contributed by atoms with van der Waals surface area (Å²) in [4.78, 5) is 2.27. The Hall–Kier alpha value is -2.54. The summed E-state index contributed by atoms with van der Waals surface area (Å²) in [5.74, 6) is 0.436. The van der Waals surface area contributed by atoms with Gasteiger partial charge in [-0.15, -0.1) is 5.10 Å². The summed E-state index contributed by atoms with van der Waals surface area (Å²) in [5.41, 5.74) is 0.364. The van der Waals surface area contributed by atoms with Gasteiger partial charge in [0.25, 0.3) is 0 Å². The number of ether oxygens (including phenoxy) is 1. The summed E-state index contributed by atoms with van der Waals surface area (Å²) in [5, 5.41) is 5.30. The lowest BCUT2D eigenvalue weighted by Crippen LogP contribution is -2.40. The normalized spacial score (nSPS) is 17.0. The lowest BCUT2D eigenvalue weighted by atomic mass is 10.1. The number of alkyl halides is 3. The molecule has 28 heavy (non-hydrogen) atoms. The third-order valence-electron chi connectivity index (χ3n) is 5.16. The fourth-order valence-corrected chi connectivity index (χ4v) is 3.65. The van der Waals surface area contributed by atoms with Gasteiger partial charge < -0.3 is 4.74 Å². The predicted octanol–water partition coefficient (Wildman–Crippen LogP) is 5.26. The minimum absolute atomic E-state index is 0.145. The van der Waals surface area contributed by atoms with Gasteiger partial charge in [-0.05, 0) is 50.1 Å². The van der Waals surface area contributed by atoms with E-state index in [4.69, 9.17) is 4.74 Å². The molecule has 1 aliphatic heterocycles. The van der Waals surface area contributed by atoms with Crippen LogP contribution in [0.5, 0.6) is 5.88 Å². The number of piperidine rings is 1. The van der Waals surface area contributed by atoms with Crippen LogP contribution in [0.1, 0.15) is 31.7 Å². The summed E-state index contributed by atoms with van der Waals surface area (Å²) < 4.78 is 47.0. The van der Waals surface area contributed by atoms with Crippen LogP contribution in [0, 0.1) is 0 Å². The number of hydrogen-bond donors (Lipinski definition) is 0. The Morgan fingerprint density at radius 1 is 1.00 bits per heavy atom. The summed E-state index contributed by atoms with van der Waals surface area (Å²) >= 11 is 0. The molecule has 4 rings (SSSR count). The number of para-hydroxylation sites is 1. The molecule has 0 amide bonds. The Labute approximate surface area is 161 Å². The first-order chi connectivity index (χ1) is 13.4. The van der Waals surface area contributed by atoms with E-state index in [-0.39, 0.29) is 6.23 Å². The summed E-state index contributed by atoms with van der Waals surface area (Å²) in [6, 6.07) is 12.6. The van der Waals surface area contributed by atoms with Crippen LogP contribution in [-0.4, -0.2) is 34.0 Å². The highest BCUT2D eigenvalue weighted by Crippen LogP contribution is 2.33. The van der Waals surface area contributed by atoms with Crippen LogP contribution in [0.2, 0.25) is 0 Å². The van der Waals surface area contributed by atoms with Crippen molar-refractivity contribution in [3.63, 3.8) is 0 Å². The molecule has 0 saturated carbocycles. The fourth-order valence-electron chi connectivity index (χ4n) is 3.65. The molecule has 2 aromatic carbocycles. The molecular formula is C21H22F3N3O. The Bertz CT molecular complexity index is 961.